The number of ether oxygens (including phenoxy) is 2. The van der Waals surface area contributed by atoms with Gasteiger partial charge in [0.1, 0.15) is 18.0 Å². The van der Waals surface area contributed by atoms with E-state index in [2.05, 4.69) is 4.72 Å². The van der Waals surface area contributed by atoms with Gasteiger partial charge in [-0.1, -0.05) is 67.1 Å². The first kappa shape index (κ1) is 30.3. The van der Waals surface area contributed by atoms with Crippen molar-refractivity contribution in [3.63, 3.8) is 0 Å². The van der Waals surface area contributed by atoms with E-state index >= 15 is 0 Å². The molecular formula is C31H38N2O7S. The topological polar surface area (TPSA) is 145 Å². The first-order valence-corrected chi connectivity index (χ1v) is 15.8. The van der Waals surface area contributed by atoms with Crippen molar-refractivity contribution in [3.05, 3.63) is 84.0 Å². The van der Waals surface area contributed by atoms with E-state index in [-0.39, 0.29) is 25.4 Å². The van der Waals surface area contributed by atoms with E-state index in [1.54, 1.807) is 42.5 Å². The Morgan fingerprint density at radius 1 is 1.10 bits per heavy atom. The van der Waals surface area contributed by atoms with Crippen LogP contribution >= 0.6 is 0 Å². The number of nitrogens with two attached hydrogens (primary N) is 1. The van der Waals surface area contributed by atoms with Gasteiger partial charge < -0.3 is 20.3 Å². The van der Waals surface area contributed by atoms with E-state index in [1.807, 2.05) is 30.3 Å². The Morgan fingerprint density at radius 2 is 1.83 bits per heavy atom. The van der Waals surface area contributed by atoms with Crippen molar-refractivity contribution < 1.29 is 32.6 Å². The minimum absolute atomic E-state index is 0.0142. The molecule has 2 aliphatic rings. The summed E-state index contributed by atoms with van der Waals surface area (Å²) < 4.78 is 37.3. The Kier molecular flexibility index (Phi) is 9.55. The number of hydrogen-bond acceptors (Lipinski definition) is 7. The van der Waals surface area contributed by atoms with Gasteiger partial charge in [0.05, 0.1) is 17.8 Å². The van der Waals surface area contributed by atoms with Gasteiger partial charge in [0, 0.05) is 0 Å². The summed E-state index contributed by atoms with van der Waals surface area (Å²) in [5, 5.41) is 11.5. The number of carbonyl (C=O) groups excluding carboxylic acids is 2. The third-order valence-electron chi connectivity index (χ3n) is 7.77. The van der Waals surface area contributed by atoms with Gasteiger partial charge in [0.15, 0.2) is 0 Å². The van der Waals surface area contributed by atoms with Crippen molar-refractivity contribution in [2.45, 2.75) is 63.1 Å². The average Bonchev–Trinajstić information content (AvgIpc) is 2.95. The van der Waals surface area contributed by atoms with Gasteiger partial charge in [-0.15, -0.1) is 0 Å². The smallest absolute Gasteiger partial charge is 0.404 e. The Balaban J connectivity index is 1.57. The van der Waals surface area contributed by atoms with Gasteiger partial charge in [-0.25, -0.2) is 13.2 Å². The number of benzene rings is 2. The number of nitrogens with one attached hydrogen (secondary N) is 1. The molecule has 2 atom stereocenters. The molecule has 2 aromatic carbocycles. The molecule has 0 radical (unpaired) electrons. The van der Waals surface area contributed by atoms with E-state index in [9.17, 15) is 23.1 Å². The predicted molar refractivity (Wildman–Crippen MR) is 156 cm³/mol. The molecule has 1 fully saturated rings. The molecule has 4 N–H and O–H groups in total. The van der Waals surface area contributed by atoms with Crippen LogP contribution in [-0.4, -0.2) is 44.5 Å². The lowest BCUT2D eigenvalue weighted by atomic mass is 9.72. The fourth-order valence-corrected chi connectivity index (χ4v) is 5.96. The molecule has 0 heterocycles. The molecule has 0 bridgehead atoms. The number of hydrogen-bond donors (Lipinski definition) is 3. The number of rotatable bonds is 11. The molecule has 0 saturated heterocycles. The van der Waals surface area contributed by atoms with Crippen LogP contribution in [0.5, 0.6) is 5.75 Å². The zero-order chi connectivity index (χ0) is 29.5. The molecule has 0 spiro atoms. The van der Waals surface area contributed by atoms with Crippen LogP contribution < -0.4 is 15.2 Å². The van der Waals surface area contributed by atoms with Crippen LogP contribution in [0.2, 0.25) is 0 Å². The number of primary amides is 1. The summed E-state index contributed by atoms with van der Waals surface area (Å²) in [5.74, 6) is 0.0879. The zero-order valence-electron chi connectivity index (χ0n) is 23.3. The molecule has 0 aromatic heterocycles. The Labute approximate surface area is 241 Å². The Hall–Kier alpha value is -3.63. The van der Waals surface area contributed by atoms with Gasteiger partial charge in [-0.3, -0.25) is 9.52 Å². The SMILES string of the molecule is CS(=O)(=O)NC(=O)C1(CC[C@](O)(COC(N)=O)c2ccccc2)C=CC(c2cccc(OC3CCCCC3)c2)=CC1. The summed E-state index contributed by atoms with van der Waals surface area (Å²) in [6, 6.07) is 16.4. The molecule has 0 aliphatic heterocycles. The number of aliphatic hydroxyl groups is 1. The van der Waals surface area contributed by atoms with Gasteiger partial charge >= 0.3 is 6.09 Å². The maximum atomic E-state index is 13.4. The third kappa shape index (κ3) is 8.20. The Bertz CT molecular complexity index is 1400. The van der Waals surface area contributed by atoms with E-state index < -0.39 is 39.6 Å². The van der Waals surface area contributed by atoms with Gasteiger partial charge in [-0.2, -0.15) is 0 Å². The highest BCUT2D eigenvalue weighted by Crippen LogP contribution is 2.41. The van der Waals surface area contributed by atoms with Crippen LogP contribution in [0.4, 0.5) is 4.79 Å². The third-order valence-corrected chi connectivity index (χ3v) is 8.33. The predicted octanol–water partition coefficient (Wildman–Crippen LogP) is 4.57. The molecule has 220 valence electrons. The summed E-state index contributed by atoms with van der Waals surface area (Å²) >= 11 is 0. The first-order chi connectivity index (χ1) is 19.5. The minimum atomic E-state index is -3.84. The van der Waals surface area contributed by atoms with Crippen LogP contribution in [0.25, 0.3) is 5.57 Å². The number of carbonyl (C=O) groups is 2. The highest BCUT2D eigenvalue weighted by atomic mass is 32.2. The largest absolute Gasteiger partial charge is 0.490 e. The molecule has 10 heteroatoms. The summed E-state index contributed by atoms with van der Waals surface area (Å²) in [6.07, 6.45) is 11.4. The molecular weight excluding hydrogens is 544 g/mol. The second-order valence-electron chi connectivity index (χ2n) is 11.0. The van der Waals surface area contributed by atoms with E-state index in [1.165, 1.54) is 19.3 Å². The lowest BCUT2D eigenvalue weighted by Crippen LogP contribution is -2.44. The molecule has 41 heavy (non-hydrogen) atoms. The van der Waals surface area contributed by atoms with E-state index in [0.717, 1.165) is 36.0 Å². The second-order valence-corrected chi connectivity index (χ2v) is 12.7. The maximum absolute atomic E-state index is 13.4. The van der Waals surface area contributed by atoms with Crippen molar-refractivity contribution >= 4 is 27.6 Å². The lowest BCUT2D eigenvalue weighted by Gasteiger charge is -2.35. The second kappa shape index (κ2) is 12.9. The first-order valence-electron chi connectivity index (χ1n) is 13.9. The summed E-state index contributed by atoms with van der Waals surface area (Å²) in [4.78, 5) is 24.7. The average molecular weight is 583 g/mol. The number of allylic oxidation sites excluding steroid dienone is 3. The molecule has 2 amide bonds. The van der Waals surface area contributed by atoms with Crippen molar-refractivity contribution in [1.82, 2.24) is 4.72 Å². The van der Waals surface area contributed by atoms with Gasteiger partial charge in [0.25, 0.3) is 0 Å². The number of sulfonamides is 1. The fraction of sp³-hybridized carbons (Fsp3) is 0.419. The summed E-state index contributed by atoms with van der Waals surface area (Å²) in [7, 11) is -3.84. The number of amides is 2. The quantitative estimate of drug-likeness (QED) is 0.352. The zero-order valence-corrected chi connectivity index (χ0v) is 24.1. The van der Waals surface area contributed by atoms with Crippen molar-refractivity contribution in [3.8, 4) is 5.75 Å². The molecule has 2 aliphatic carbocycles. The van der Waals surface area contributed by atoms with Crippen LogP contribution in [0, 0.1) is 5.41 Å². The normalized spacial score (nSPS) is 20.9. The highest BCUT2D eigenvalue weighted by Gasteiger charge is 2.42. The molecule has 4 rings (SSSR count). The minimum Gasteiger partial charge on any atom is -0.490 e. The van der Waals surface area contributed by atoms with Crippen LogP contribution in [0.1, 0.15) is 62.5 Å². The molecule has 2 aromatic rings. The van der Waals surface area contributed by atoms with Crippen molar-refractivity contribution in [1.29, 1.82) is 0 Å². The highest BCUT2D eigenvalue weighted by molar-refractivity contribution is 7.89. The van der Waals surface area contributed by atoms with Crippen molar-refractivity contribution in [2.24, 2.45) is 11.1 Å². The molecule has 1 saturated carbocycles. The van der Waals surface area contributed by atoms with Crippen molar-refractivity contribution in [2.75, 3.05) is 12.9 Å². The fourth-order valence-electron chi connectivity index (χ4n) is 5.42. The standard InChI is InChI=1S/C31H38N2O7S/c1-41(37,38)33-28(34)30(19-20-31(36,22-39-29(32)35)25-10-4-2-5-11-25)17-15-23(16-18-30)24-9-8-14-27(21-24)40-26-12-6-3-7-13-26/h2,4-5,8-11,14-17,21,26,36H,3,6-7,12-13,18-20,22H2,1H3,(H2,32,35)(H,33,34)/t30?,31-/m0/s1. The van der Waals surface area contributed by atoms with Gasteiger partial charge in [0.2, 0.25) is 15.9 Å². The molecule has 9 nitrogen and oxygen atoms in total. The summed E-state index contributed by atoms with van der Waals surface area (Å²) in [6.45, 7) is -0.422. The van der Waals surface area contributed by atoms with Gasteiger partial charge in [-0.05, 0) is 73.8 Å². The Morgan fingerprint density at radius 3 is 2.46 bits per heavy atom. The monoisotopic (exact) mass is 582 g/mol. The summed E-state index contributed by atoms with van der Waals surface area (Å²) in [5.41, 5.74) is 4.50. The van der Waals surface area contributed by atoms with E-state index in [0.29, 0.717) is 5.56 Å². The lowest BCUT2D eigenvalue weighted by molar-refractivity contribution is -0.128. The van der Waals surface area contributed by atoms with E-state index in [4.69, 9.17) is 15.2 Å². The maximum Gasteiger partial charge on any atom is 0.404 e. The van der Waals surface area contributed by atoms with Crippen LogP contribution in [0.3, 0.4) is 0 Å². The molecule has 1 unspecified atom stereocenters. The van der Waals surface area contributed by atoms with Crippen LogP contribution in [-0.2, 0) is 25.2 Å². The van der Waals surface area contributed by atoms with Crippen LogP contribution in [0.15, 0.2) is 72.8 Å².